The summed E-state index contributed by atoms with van der Waals surface area (Å²) in [5.41, 5.74) is 2.27. The zero-order chi connectivity index (χ0) is 14.8. The van der Waals surface area contributed by atoms with Crippen LogP contribution in [0.2, 0.25) is 0 Å². The van der Waals surface area contributed by atoms with E-state index < -0.39 is 0 Å². The van der Waals surface area contributed by atoms with E-state index in [2.05, 4.69) is 43.2 Å². The standard InChI is InChI=1S/C17H30N2O/c1-5-6-7-8-9-10-20-17-12-16(11-15(4)19-17)13-18-14(2)3/h11-12,14,18H,5-10,13H2,1-4H3. The second kappa shape index (κ2) is 9.76. The fraction of sp³-hybridized carbons (Fsp3) is 0.706. The molecule has 0 bridgehead atoms. The molecule has 0 saturated carbocycles. The van der Waals surface area contributed by atoms with E-state index in [-0.39, 0.29) is 0 Å². The lowest BCUT2D eigenvalue weighted by Crippen LogP contribution is -2.22. The number of unbranched alkanes of at least 4 members (excludes halogenated alkanes) is 4. The summed E-state index contributed by atoms with van der Waals surface area (Å²) in [6.07, 6.45) is 6.29. The van der Waals surface area contributed by atoms with Crippen LogP contribution in [0.3, 0.4) is 0 Å². The molecule has 1 aromatic heterocycles. The Balaban J connectivity index is 2.37. The maximum absolute atomic E-state index is 5.78. The number of aryl methyl sites for hydroxylation is 1. The molecule has 0 atom stereocenters. The van der Waals surface area contributed by atoms with Crippen molar-refractivity contribution in [2.75, 3.05) is 6.61 Å². The van der Waals surface area contributed by atoms with Gasteiger partial charge in [-0.05, 0) is 25.0 Å². The summed E-state index contributed by atoms with van der Waals surface area (Å²) in [7, 11) is 0. The summed E-state index contributed by atoms with van der Waals surface area (Å²) >= 11 is 0. The molecule has 20 heavy (non-hydrogen) atoms. The number of nitrogens with zero attached hydrogens (tertiary/aromatic N) is 1. The molecular formula is C17H30N2O. The summed E-state index contributed by atoms with van der Waals surface area (Å²) in [4.78, 5) is 4.44. The molecule has 0 aliphatic rings. The predicted molar refractivity (Wildman–Crippen MR) is 85.2 cm³/mol. The Labute approximate surface area is 124 Å². The Bertz CT molecular complexity index is 377. The van der Waals surface area contributed by atoms with Crippen LogP contribution in [-0.4, -0.2) is 17.6 Å². The lowest BCUT2D eigenvalue weighted by molar-refractivity contribution is 0.292. The average Bonchev–Trinajstić information content (AvgIpc) is 2.40. The monoisotopic (exact) mass is 278 g/mol. The molecule has 1 rings (SSSR count). The lowest BCUT2D eigenvalue weighted by Gasteiger charge is -2.11. The van der Waals surface area contributed by atoms with E-state index >= 15 is 0 Å². The van der Waals surface area contributed by atoms with E-state index in [0.29, 0.717) is 6.04 Å². The van der Waals surface area contributed by atoms with Gasteiger partial charge in [-0.3, -0.25) is 0 Å². The first kappa shape index (κ1) is 17.0. The molecule has 1 N–H and O–H groups in total. The van der Waals surface area contributed by atoms with Crippen molar-refractivity contribution < 1.29 is 4.74 Å². The first-order valence-electron chi connectivity index (χ1n) is 7.95. The zero-order valence-electron chi connectivity index (χ0n) is 13.5. The minimum absolute atomic E-state index is 0.492. The highest BCUT2D eigenvalue weighted by Crippen LogP contribution is 2.13. The molecule has 0 aliphatic heterocycles. The summed E-state index contributed by atoms with van der Waals surface area (Å²) < 4.78 is 5.78. The Kier molecular flexibility index (Phi) is 8.28. The van der Waals surface area contributed by atoms with Gasteiger partial charge in [-0.25, -0.2) is 4.98 Å². The van der Waals surface area contributed by atoms with Gasteiger partial charge in [0.05, 0.1) is 6.61 Å². The zero-order valence-corrected chi connectivity index (χ0v) is 13.5. The number of ether oxygens (including phenoxy) is 1. The summed E-state index contributed by atoms with van der Waals surface area (Å²) in [6.45, 7) is 10.2. The van der Waals surface area contributed by atoms with E-state index in [1.54, 1.807) is 0 Å². The summed E-state index contributed by atoms with van der Waals surface area (Å²) in [5.74, 6) is 0.765. The quantitative estimate of drug-likeness (QED) is 0.650. The number of aromatic nitrogens is 1. The molecule has 0 saturated heterocycles. The van der Waals surface area contributed by atoms with Crippen molar-refractivity contribution in [1.29, 1.82) is 0 Å². The van der Waals surface area contributed by atoms with Gasteiger partial charge in [0.1, 0.15) is 0 Å². The minimum Gasteiger partial charge on any atom is -0.478 e. The number of hydrogen-bond donors (Lipinski definition) is 1. The molecule has 0 aliphatic carbocycles. The van der Waals surface area contributed by atoms with Crippen LogP contribution in [-0.2, 0) is 6.54 Å². The van der Waals surface area contributed by atoms with Crippen LogP contribution >= 0.6 is 0 Å². The molecule has 3 heteroatoms. The third-order valence-electron chi connectivity index (χ3n) is 3.20. The largest absolute Gasteiger partial charge is 0.478 e. The van der Waals surface area contributed by atoms with E-state index in [4.69, 9.17) is 4.74 Å². The van der Waals surface area contributed by atoms with E-state index in [1.807, 2.05) is 6.92 Å². The summed E-state index contributed by atoms with van der Waals surface area (Å²) in [6, 6.07) is 4.66. The second-order valence-corrected chi connectivity index (χ2v) is 5.75. The first-order valence-corrected chi connectivity index (χ1v) is 7.95. The first-order chi connectivity index (χ1) is 9.61. The van der Waals surface area contributed by atoms with Gasteiger partial charge in [0.25, 0.3) is 0 Å². The van der Waals surface area contributed by atoms with Gasteiger partial charge < -0.3 is 10.1 Å². The van der Waals surface area contributed by atoms with Crippen molar-refractivity contribution in [3.63, 3.8) is 0 Å². The van der Waals surface area contributed by atoms with Gasteiger partial charge in [-0.15, -0.1) is 0 Å². The maximum Gasteiger partial charge on any atom is 0.213 e. The molecule has 1 aromatic rings. The minimum atomic E-state index is 0.492. The Morgan fingerprint density at radius 3 is 2.60 bits per heavy atom. The number of rotatable bonds is 10. The average molecular weight is 278 g/mol. The van der Waals surface area contributed by atoms with Crippen LogP contribution in [0.15, 0.2) is 12.1 Å². The van der Waals surface area contributed by atoms with Crippen molar-refractivity contribution >= 4 is 0 Å². The molecule has 3 nitrogen and oxygen atoms in total. The topological polar surface area (TPSA) is 34.1 Å². The van der Waals surface area contributed by atoms with Gasteiger partial charge >= 0.3 is 0 Å². The smallest absolute Gasteiger partial charge is 0.213 e. The van der Waals surface area contributed by atoms with Crippen molar-refractivity contribution in [2.45, 2.75) is 72.4 Å². The Morgan fingerprint density at radius 1 is 1.15 bits per heavy atom. The van der Waals surface area contributed by atoms with Crippen LogP contribution < -0.4 is 10.1 Å². The third-order valence-corrected chi connectivity index (χ3v) is 3.20. The van der Waals surface area contributed by atoms with Crippen LogP contribution in [0.5, 0.6) is 5.88 Å². The lowest BCUT2D eigenvalue weighted by atomic mass is 10.2. The van der Waals surface area contributed by atoms with Crippen molar-refractivity contribution in [3.8, 4) is 5.88 Å². The SMILES string of the molecule is CCCCCCCOc1cc(CNC(C)C)cc(C)n1. The van der Waals surface area contributed by atoms with Crippen molar-refractivity contribution in [3.05, 3.63) is 23.4 Å². The summed E-state index contributed by atoms with van der Waals surface area (Å²) in [5, 5.41) is 3.42. The molecule has 0 aromatic carbocycles. The fourth-order valence-electron chi connectivity index (χ4n) is 2.09. The number of nitrogens with one attached hydrogen (secondary N) is 1. The fourth-order valence-corrected chi connectivity index (χ4v) is 2.09. The van der Waals surface area contributed by atoms with Gasteiger partial charge in [0.2, 0.25) is 5.88 Å². The maximum atomic E-state index is 5.78. The third kappa shape index (κ3) is 7.49. The highest BCUT2D eigenvalue weighted by atomic mass is 16.5. The molecule has 1 heterocycles. The van der Waals surface area contributed by atoms with Crippen molar-refractivity contribution in [2.24, 2.45) is 0 Å². The molecule has 0 spiro atoms. The Hall–Kier alpha value is -1.09. The van der Waals surface area contributed by atoms with Gasteiger partial charge in [-0.1, -0.05) is 46.5 Å². The van der Waals surface area contributed by atoms with E-state index in [1.165, 1.54) is 31.2 Å². The second-order valence-electron chi connectivity index (χ2n) is 5.75. The molecule has 0 amide bonds. The normalized spacial score (nSPS) is 11.1. The van der Waals surface area contributed by atoms with E-state index in [0.717, 1.165) is 31.1 Å². The molecule has 0 fully saturated rings. The van der Waals surface area contributed by atoms with E-state index in [9.17, 15) is 0 Å². The van der Waals surface area contributed by atoms with Crippen molar-refractivity contribution in [1.82, 2.24) is 10.3 Å². The highest BCUT2D eigenvalue weighted by molar-refractivity contribution is 5.24. The van der Waals surface area contributed by atoms with Crippen LogP contribution in [0, 0.1) is 6.92 Å². The molecular weight excluding hydrogens is 248 g/mol. The Morgan fingerprint density at radius 2 is 1.90 bits per heavy atom. The highest BCUT2D eigenvalue weighted by Gasteiger charge is 2.02. The predicted octanol–water partition coefficient (Wildman–Crippen LogP) is 4.24. The van der Waals surface area contributed by atoms with Crippen LogP contribution in [0.1, 0.15) is 64.1 Å². The van der Waals surface area contributed by atoms with Gasteiger partial charge in [-0.2, -0.15) is 0 Å². The van der Waals surface area contributed by atoms with Crippen LogP contribution in [0.4, 0.5) is 0 Å². The van der Waals surface area contributed by atoms with Crippen LogP contribution in [0.25, 0.3) is 0 Å². The molecule has 0 unspecified atom stereocenters. The van der Waals surface area contributed by atoms with Gasteiger partial charge in [0.15, 0.2) is 0 Å². The van der Waals surface area contributed by atoms with Gasteiger partial charge in [0, 0.05) is 24.3 Å². The number of pyridine rings is 1. The molecule has 0 radical (unpaired) electrons. The number of hydrogen-bond acceptors (Lipinski definition) is 3. The molecule has 114 valence electrons.